The number of nitrogens with zero attached hydrogens (tertiary/aromatic N) is 2. The van der Waals surface area contributed by atoms with Gasteiger partial charge in [-0.05, 0) is 24.5 Å². The fourth-order valence-electron chi connectivity index (χ4n) is 3.37. The average molecular weight is 417 g/mol. The van der Waals surface area contributed by atoms with Crippen LogP contribution in [-0.2, 0) is 6.42 Å². The summed E-state index contributed by atoms with van der Waals surface area (Å²) in [5.41, 5.74) is 3.97. The maximum atomic E-state index is 13.0. The second-order valence-corrected chi connectivity index (χ2v) is 8.25. The Kier molecular flexibility index (Phi) is 6.05. The highest BCUT2D eigenvalue weighted by Crippen LogP contribution is 2.24. The smallest absolute Gasteiger partial charge is 0.263 e. The molecule has 0 aliphatic carbocycles. The van der Waals surface area contributed by atoms with Crippen LogP contribution in [0.2, 0.25) is 0 Å². The molecule has 0 radical (unpaired) electrons. The molecule has 2 N–H and O–H groups in total. The van der Waals surface area contributed by atoms with E-state index in [2.05, 4.69) is 32.4 Å². The number of imidazole rings is 1. The van der Waals surface area contributed by atoms with Crippen LogP contribution in [0.1, 0.15) is 51.1 Å². The van der Waals surface area contributed by atoms with E-state index < -0.39 is 0 Å². The predicted molar refractivity (Wildman–Crippen MR) is 121 cm³/mol. The highest BCUT2D eigenvalue weighted by atomic mass is 32.1. The first-order valence-corrected chi connectivity index (χ1v) is 10.9. The van der Waals surface area contributed by atoms with Gasteiger partial charge in [0.2, 0.25) is 0 Å². The van der Waals surface area contributed by atoms with Gasteiger partial charge in [-0.15, -0.1) is 11.3 Å². The molecule has 4 aromatic rings. The molecule has 2 aromatic carbocycles. The van der Waals surface area contributed by atoms with E-state index in [9.17, 15) is 4.79 Å². The van der Waals surface area contributed by atoms with Gasteiger partial charge < -0.3 is 10.3 Å². The molecule has 2 heterocycles. The summed E-state index contributed by atoms with van der Waals surface area (Å²) in [6.07, 6.45) is 3.28. The molecule has 2 aromatic heterocycles. The second kappa shape index (κ2) is 9.05. The molecule has 1 unspecified atom stereocenters. The van der Waals surface area contributed by atoms with Crippen molar-refractivity contribution in [3.05, 3.63) is 93.8 Å². The SMILES string of the molecule is CCC(NC(=O)c1sc(Cc2ccccc2)nc1C)c1ncc(-c2ccccc2)[nH]1. The number of hydrogen-bond donors (Lipinski definition) is 2. The lowest BCUT2D eigenvalue weighted by molar-refractivity contribution is 0.0937. The van der Waals surface area contributed by atoms with Gasteiger partial charge in [0, 0.05) is 6.42 Å². The number of carbonyl (C=O) groups excluding carboxylic acids is 1. The molecule has 1 amide bonds. The maximum Gasteiger partial charge on any atom is 0.263 e. The zero-order chi connectivity index (χ0) is 20.9. The summed E-state index contributed by atoms with van der Waals surface area (Å²) < 4.78 is 0. The zero-order valence-corrected chi connectivity index (χ0v) is 17.9. The van der Waals surface area contributed by atoms with Crippen molar-refractivity contribution in [3.8, 4) is 11.3 Å². The van der Waals surface area contributed by atoms with Crippen LogP contribution < -0.4 is 5.32 Å². The van der Waals surface area contributed by atoms with E-state index >= 15 is 0 Å². The molecule has 4 rings (SSSR count). The van der Waals surface area contributed by atoms with Gasteiger partial charge in [0.25, 0.3) is 5.91 Å². The number of aromatic nitrogens is 3. The molecular weight excluding hydrogens is 392 g/mol. The fraction of sp³-hybridized carbons (Fsp3) is 0.208. The van der Waals surface area contributed by atoms with Crippen molar-refractivity contribution < 1.29 is 4.79 Å². The molecular formula is C24H24N4OS. The Morgan fingerprint density at radius 3 is 2.50 bits per heavy atom. The number of aryl methyl sites for hydroxylation is 1. The van der Waals surface area contributed by atoms with Crippen molar-refractivity contribution in [1.29, 1.82) is 0 Å². The number of thiazole rings is 1. The van der Waals surface area contributed by atoms with Gasteiger partial charge in [0.15, 0.2) is 0 Å². The van der Waals surface area contributed by atoms with E-state index in [0.717, 1.165) is 40.6 Å². The lowest BCUT2D eigenvalue weighted by Crippen LogP contribution is -2.28. The Balaban J connectivity index is 1.48. The molecule has 0 saturated carbocycles. The minimum absolute atomic E-state index is 0.103. The summed E-state index contributed by atoms with van der Waals surface area (Å²) in [5.74, 6) is 0.658. The van der Waals surface area contributed by atoms with Gasteiger partial charge in [0.05, 0.1) is 28.6 Å². The first-order chi connectivity index (χ1) is 14.6. The molecule has 0 spiro atoms. The quantitative estimate of drug-likeness (QED) is 0.429. The molecule has 0 bridgehead atoms. The van der Waals surface area contributed by atoms with Gasteiger partial charge in [-0.2, -0.15) is 0 Å². The normalized spacial score (nSPS) is 11.9. The first-order valence-electron chi connectivity index (χ1n) is 10.1. The van der Waals surface area contributed by atoms with Crippen LogP contribution >= 0.6 is 11.3 Å². The van der Waals surface area contributed by atoms with Crippen molar-refractivity contribution in [2.45, 2.75) is 32.7 Å². The number of benzene rings is 2. The topological polar surface area (TPSA) is 70.7 Å². The van der Waals surface area contributed by atoms with Crippen LogP contribution in [0.5, 0.6) is 0 Å². The number of aromatic amines is 1. The van der Waals surface area contributed by atoms with Gasteiger partial charge in [-0.1, -0.05) is 67.6 Å². The Hall–Kier alpha value is -3.25. The largest absolute Gasteiger partial charge is 0.341 e. The number of hydrogen-bond acceptors (Lipinski definition) is 4. The van der Waals surface area contributed by atoms with E-state index in [1.165, 1.54) is 16.9 Å². The minimum atomic E-state index is -0.186. The van der Waals surface area contributed by atoms with Crippen molar-refractivity contribution in [3.63, 3.8) is 0 Å². The van der Waals surface area contributed by atoms with Crippen LogP contribution in [-0.4, -0.2) is 20.9 Å². The zero-order valence-electron chi connectivity index (χ0n) is 17.1. The molecule has 1 atom stereocenters. The van der Waals surface area contributed by atoms with Gasteiger partial charge in [-0.3, -0.25) is 4.79 Å². The van der Waals surface area contributed by atoms with Crippen LogP contribution in [0, 0.1) is 6.92 Å². The Bertz CT molecular complexity index is 1120. The predicted octanol–water partition coefficient (Wildman–Crippen LogP) is 5.31. The number of nitrogens with one attached hydrogen (secondary N) is 2. The van der Waals surface area contributed by atoms with Crippen molar-refractivity contribution in [2.24, 2.45) is 0 Å². The molecule has 6 heteroatoms. The van der Waals surface area contributed by atoms with Crippen LogP contribution in [0.3, 0.4) is 0 Å². The summed E-state index contributed by atoms with van der Waals surface area (Å²) >= 11 is 1.46. The molecule has 30 heavy (non-hydrogen) atoms. The van der Waals surface area contributed by atoms with E-state index in [4.69, 9.17) is 0 Å². The third-order valence-corrected chi connectivity index (χ3v) is 6.13. The third kappa shape index (κ3) is 4.49. The lowest BCUT2D eigenvalue weighted by Gasteiger charge is -2.14. The van der Waals surface area contributed by atoms with Crippen LogP contribution in [0.15, 0.2) is 66.9 Å². The average Bonchev–Trinajstić information content (AvgIpc) is 3.40. The lowest BCUT2D eigenvalue weighted by atomic mass is 10.2. The molecule has 152 valence electrons. The van der Waals surface area contributed by atoms with Crippen LogP contribution in [0.4, 0.5) is 0 Å². The highest BCUT2D eigenvalue weighted by molar-refractivity contribution is 7.13. The summed E-state index contributed by atoms with van der Waals surface area (Å²) in [6, 6.07) is 20.0. The Morgan fingerprint density at radius 2 is 1.80 bits per heavy atom. The van der Waals surface area contributed by atoms with E-state index in [1.54, 1.807) is 0 Å². The summed E-state index contributed by atoms with van der Waals surface area (Å²) in [7, 11) is 0. The van der Waals surface area contributed by atoms with E-state index in [-0.39, 0.29) is 11.9 Å². The van der Waals surface area contributed by atoms with Crippen molar-refractivity contribution in [2.75, 3.05) is 0 Å². The molecule has 0 aliphatic heterocycles. The van der Waals surface area contributed by atoms with Gasteiger partial charge in [0.1, 0.15) is 10.7 Å². The molecule has 0 saturated heterocycles. The standard InChI is InChI=1S/C24H24N4OS/c1-3-19(23-25-15-20(27-23)18-12-8-5-9-13-18)28-24(29)22-16(2)26-21(30-22)14-17-10-6-4-7-11-17/h4-13,15,19H,3,14H2,1-2H3,(H,25,27)(H,28,29). The number of H-pyrrole nitrogens is 1. The second-order valence-electron chi connectivity index (χ2n) is 7.17. The minimum Gasteiger partial charge on any atom is -0.341 e. The Labute approximate surface area is 180 Å². The highest BCUT2D eigenvalue weighted by Gasteiger charge is 2.21. The van der Waals surface area contributed by atoms with Crippen LogP contribution in [0.25, 0.3) is 11.3 Å². The van der Waals surface area contributed by atoms with Gasteiger partial charge in [-0.25, -0.2) is 9.97 Å². The van der Waals surface area contributed by atoms with E-state index in [0.29, 0.717) is 4.88 Å². The monoisotopic (exact) mass is 416 g/mol. The summed E-state index contributed by atoms with van der Waals surface area (Å²) in [5, 5.41) is 4.07. The van der Waals surface area contributed by atoms with Crippen molar-refractivity contribution >= 4 is 17.2 Å². The summed E-state index contributed by atoms with van der Waals surface area (Å²) in [6.45, 7) is 3.93. The fourth-order valence-corrected chi connectivity index (χ4v) is 4.38. The summed E-state index contributed by atoms with van der Waals surface area (Å²) in [4.78, 5) is 26.1. The molecule has 0 aliphatic rings. The number of rotatable bonds is 7. The number of carbonyl (C=O) groups is 1. The Morgan fingerprint density at radius 1 is 1.10 bits per heavy atom. The van der Waals surface area contributed by atoms with E-state index in [1.807, 2.05) is 68.6 Å². The molecule has 5 nitrogen and oxygen atoms in total. The number of amides is 1. The third-order valence-electron chi connectivity index (χ3n) is 4.97. The maximum absolute atomic E-state index is 13.0. The molecule has 0 fully saturated rings. The van der Waals surface area contributed by atoms with Gasteiger partial charge >= 0.3 is 0 Å². The van der Waals surface area contributed by atoms with Crippen molar-refractivity contribution in [1.82, 2.24) is 20.3 Å². The first kappa shape index (κ1) is 20.0.